The summed E-state index contributed by atoms with van der Waals surface area (Å²) < 4.78 is 0. The van der Waals surface area contributed by atoms with Gasteiger partial charge in [0.05, 0.1) is 0 Å². The summed E-state index contributed by atoms with van der Waals surface area (Å²) in [6.45, 7) is 3.89. The van der Waals surface area contributed by atoms with Gasteiger partial charge in [-0.3, -0.25) is 0 Å². The summed E-state index contributed by atoms with van der Waals surface area (Å²) in [5.41, 5.74) is 5.11. The van der Waals surface area contributed by atoms with Crippen LogP contribution in [-0.2, 0) is 0 Å². The van der Waals surface area contributed by atoms with Gasteiger partial charge >= 0.3 is 0 Å². The first-order chi connectivity index (χ1) is 5.91. The van der Waals surface area contributed by atoms with Crippen molar-refractivity contribution >= 4 is 34.8 Å². The molecule has 0 saturated heterocycles. The maximum atomic E-state index is 5.32. The Hall–Kier alpha value is -0.160. The smallest absolute Gasteiger partial charge is 0.227 e. The fraction of sp³-hybridized carbons (Fsp3) is 0.500. The van der Waals surface area contributed by atoms with Crippen molar-refractivity contribution < 1.29 is 0 Å². The second-order valence-electron chi connectivity index (χ2n) is 2.39. The van der Waals surface area contributed by atoms with Crippen LogP contribution in [0.1, 0.15) is 13.8 Å². The first-order valence-electron chi connectivity index (χ1n) is 3.40. The minimum Gasteiger partial charge on any atom is -0.328 e. The lowest BCUT2D eigenvalue weighted by Gasteiger charge is -1.88. The first-order valence-corrected chi connectivity index (χ1v) is 4.53. The Balaban J connectivity index is 0.000000310. The third-order valence-corrected chi connectivity index (χ3v) is 1.06. The van der Waals surface area contributed by atoms with Gasteiger partial charge in [-0.2, -0.15) is 15.0 Å². The fourth-order valence-electron chi connectivity index (χ4n) is 0.303. The van der Waals surface area contributed by atoms with Crippen molar-refractivity contribution in [2.24, 2.45) is 5.73 Å². The number of aromatic nitrogens is 3. The molecule has 1 aromatic heterocycles. The van der Waals surface area contributed by atoms with Crippen LogP contribution in [0.2, 0.25) is 15.9 Å². The molecule has 0 aromatic carbocycles. The number of nitrogens with zero attached hydrogens (tertiary/aromatic N) is 3. The number of hydrogen-bond acceptors (Lipinski definition) is 4. The molecule has 0 bridgehead atoms. The second kappa shape index (κ2) is 6.32. The van der Waals surface area contributed by atoms with E-state index < -0.39 is 0 Å². The third-order valence-electron chi connectivity index (χ3n) is 0.554. The molecular weight excluding hydrogens is 234 g/mol. The number of rotatable bonds is 0. The van der Waals surface area contributed by atoms with Crippen molar-refractivity contribution in [2.75, 3.05) is 0 Å². The van der Waals surface area contributed by atoms with E-state index in [1.54, 1.807) is 0 Å². The molecule has 0 unspecified atom stereocenters. The highest BCUT2D eigenvalue weighted by Gasteiger charge is 1.97. The molecule has 0 amide bonds. The van der Waals surface area contributed by atoms with E-state index in [9.17, 15) is 0 Å². The molecule has 0 aliphatic carbocycles. The van der Waals surface area contributed by atoms with Crippen molar-refractivity contribution in [1.29, 1.82) is 0 Å². The Morgan fingerprint density at radius 3 is 1.23 bits per heavy atom. The molecule has 7 heteroatoms. The molecule has 74 valence electrons. The molecule has 0 spiro atoms. The van der Waals surface area contributed by atoms with Crippen LogP contribution in [0.15, 0.2) is 0 Å². The summed E-state index contributed by atoms with van der Waals surface area (Å²) >= 11 is 16.0. The van der Waals surface area contributed by atoms with Crippen LogP contribution in [-0.4, -0.2) is 21.0 Å². The highest BCUT2D eigenvalue weighted by molar-refractivity contribution is 6.33. The number of nitrogens with two attached hydrogens (primary N) is 1. The van der Waals surface area contributed by atoms with Crippen molar-refractivity contribution in [2.45, 2.75) is 19.9 Å². The van der Waals surface area contributed by atoms with Crippen LogP contribution >= 0.6 is 34.8 Å². The lowest BCUT2D eigenvalue weighted by molar-refractivity contribution is 0.834. The third kappa shape index (κ3) is 8.18. The zero-order chi connectivity index (χ0) is 10.4. The summed E-state index contributed by atoms with van der Waals surface area (Å²) in [7, 11) is 0. The van der Waals surface area contributed by atoms with Gasteiger partial charge in [-0.25, -0.2) is 0 Å². The maximum Gasteiger partial charge on any atom is 0.227 e. The molecule has 13 heavy (non-hydrogen) atoms. The van der Waals surface area contributed by atoms with E-state index in [2.05, 4.69) is 15.0 Å². The highest BCUT2D eigenvalue weighted by atomic mass is 35.5. The standard InChI is InChI=1S/C3Cl3N3.C3H9N/c4-1-7-2(5)9-3(6)8-1;1-3(2)4/h;3H,4H2,1-2H3. The van der Waals surface area contributed by atoms with Gasteiger partial charge < -0.3 is 5.73 Å². The number of hydrogen-bond donors (Lipinski definition) is 1. The number of halogens is 3. The molecule has 1 aromatic rings. The molecule has 0 saturated carbocycles. The van der Waals surface area contributed by atoms with Crippen LogP contribution in [0.25, 0.3) is 0 Å². The van der Waals surface area contributed by atoms with E-state index >= 15 is 0 Å². The van der Waals surface area contributed by atoms with Gasteiger partial charge in [-0.05, 0) is 40.8 Å². The normalized spacial score (nSPS) is 9.46. The highest BCUT2D eigenvalue weighted by Crippen LogP contribution is 2.08. The summed E-state index contributed by atoms with van der Waals surface area (Å²) in [5, 5.41) is 0.00000000000000178. The minimum atomic E-state index is 0.000000000000000444. The summed E-state index contributed by atoms with van der Waals surface area (Å²) in [6, 6.07) is 0.333. The monoisotopic (exact) mass is 242 g/mol. The first kappa shape index (κ1) is 12.8. The predicted octanol–water partition coefficient (Wildman–Crippen LogP) is 2.19. The SMILES string of the molecule is CC(C)N.Clc1nc(Cl)nc(Cl)n1. The van der Waals surface area contributed by atoms with E-state index in [1.807, 2.05) is 13.8 Å². The molecule has 1 rings (SSSR count). The average molecular weight is 244 g/mol. The molecule has 0 radical (unpaired) electrons. The quantitative estimate of drug-likeness (QED) is 0.758. The van der Waals surface area contributed by atoms with Crippen LogP contribution in [0.3, 0.4) is 0 Å². The van der Waals surface area contributed by atoms with Crippen molar-refractivity contribution in [1.82, 2.24) is 15.0 Å². The molecule has 0 aliphatic rings. The second-order valence-corrected chi connectivity index (χ2v) is 3.40. The van der Waals surface area contributed by atoms with E-state index in [-0.39, 0.29) is 15.9 Å². The van der Waals surface area contributed by atoms with Gasteiger partial charge in [0.2, 0.25) is 15.9 Å². The Labute approximate surface area is 91.4 Å². The van der Waals surface area contributed by atoms with Crippen LogP contribution in [0.5, 0.6) is 0 Å². The topological polar surface area (TPSA) is 64.7 Å². The van der Waals surface area contributed by atoms with E-state index in [0.29, 0.717) is 6.04 Å². The lowest BCUT2D eigenvalue weighted by Crippen LogP contribution is -2.06. The Bertz CT molecular complexity index is 213. The Kier molecular flexibility index (Phi) is 6.24. The van der Waals surface area contributed by atoms with Crippen LogP contribution < -0.4 is 5.73 Å². The van der Waals surface area contributed by atoms with Crippen LogP contribution in [0, 0.1) is 0 Å². The zero-order valence-electron chi connectivity index (χ0n) is 7.13. The molecule has 0 aliphatic heterocycles. The molecule has 0 fully saturated rings. The Morgan fingerprint density at radius 1 is 0.923 bits per heavy atom. The molecule has 0 atom stereocenters. The van der Waals surface area contributed by atoms with Crippen molar-refractivity contribution in [3.8, 4) is 0 Å². The van der Waals surface area contributed by atoms with E-state index in [0.717, 1.165) is 0 Å². The Morgan fingerprint density at radius 2 is 1.08 bits per heavy atom. The average Bonchev–Trinajstić information content (AvgIpc) is 1.80. The molecular formula is C6H9Cl3N4. The van der Waals surface area contributed by atoms with E-state index in [1.165, 1.54) is 0 Å². The van der Waals surface area contributed by atoms with E-state index in [4.69, 9.17) is 40.5 Å². The van der Waals surface area contributed by atoms with Crippen molar-refractivity contribution in [3.63, 3.8) is 0 Å². The molecule has 1 heterocycles. The lowest BCUT2D eigenvalue weighted by atomic mass is 10.5. The van der Waals surface area contributed by atoms with Gasteiger partial charge in [0.15, 0.2) is 0 Å². The van der Waals surface area contributed by atoms with Gasteiger partial charge in [-0.1, -0.05) is 13.8 Å². The van der Waals surface area contributed by atoms with Crippen molar-refractivity contribution in [3.05, 3.63) is 15.9 Å². The maximum absolute atomic E-state index is 5.32. The molecule has 4 nitrogen and oxygen atoms in total. The van der Waals surface area contributed by atoms with Gasteiger partial charge in [0.1, 0.15) is 0 Å². The van der Waals surface area contributed by atoms with Gasteiger partial charge in [0, 0.05) is 0 Å². The fourth-order valence-corrected chi connectivity index (χ4v) is 0.913. The van der Waals surface area contributed by atoms with Crippen LogP contribution in [0.4, 0.5) is 0 Å². The predicted molar refractivity (Wildman–Crippen MR) is 54.2 cm³/mol. The largest absolute Gasteiger partial charge is 0.328 e. The zero-order valence-corrected chi connectivity index (χ0v) is 9.40. The molecule has 2 N–H and O–H groups in total. The summed E-state index contributed by atoms with van der Waals surface area (Å²) in [6.07, 6.45) is 0. The van der Waals surface area contributed by atoms with Gasteiger partial charge in [0.25, 0.3) is 0 Å². The minimum absolute atomic E-state index is 0.000000000000000444. The van der Waals surface area contributed by atoms with Gasteiger partial charge in [-0.15, -0.1) is 0 Å². The summed E-state index contributed by atoms with van der Waals surface area (Å²) in [4.78, 5) is 10.4. The summed E-state index contributed by atoms with van der Waals surface area (Å²) in [5.74, 6) is 0.